The van der Waals surface area contributed by atoms with Gasteiger partial charge in [-0.05, 0) is 42.0 Å². The van der Waals surface area contributed by atoms with Crippen LogP contribution in [0.5, 0.6) is 0 Å². The number of nitrogens with one attached hydrogen (secondary N) is 1. The van der Waals surface area contributed by atoms with E-state index in [2.05, 4.69) is 5.32 Å². The first-order valence-corrected chi connectivity index (χ1v) is 11.0. The smallest absolute Gasteiger partial charge is 0.339 e. The molecule has 0 fully saturated rings. The minimum atomic E-state index is -4.12. The zero-order valence-corrected chi connectivity index (χ0v) is 18.0. The van der Waals surface area contributed by atoms with Gasteiger partial charge in [-0.2, -0.15) is 4.31 Å². The van der Waals surface area contributed by atoms with Crippen molar-refractivity contribution in [3.05, 3.63) is 95.8 Å². The number of nitrogens with zero attached hydrogens (tertiary/aromatic N) is 1. The Morgan fingerprint density at radius 1 is 0.938 bits per heavy atom. The summed E-state index contributed by atoms with van der Waals surface area (Å²) in [5.41, 5.74) is 1.00. The Balaban J connectivity index is 1.88. The van der Waals surface area contributed by atoms with Gasteiger partial charge >= 0.3 is 5.97 Å². The number of hydrogen-bond acceptors (Lipinski definition) is 5. The molecule has 0 saturated carbocycles. The molecule has 166 valence electrons. The molecular weight excluding hydrogens is 435 g/mol. The second kappa shape index (κ2) is 10.2. The lowest BCUT2D eigenvalue weighted by Gasteiger charge is -2.22. The minimum Gasteiger partial charge on any atom is -0.465 e. The van der Waals surface area contributed by atoms with Crippen LogP contribution in [0.4, 0.5) is 10.1 Å². The summed E-state index contributed by atoms with van der Waals surface area (Å²) in [5, 5.41) is 2.57. The fourth-order valence-corrected chi connectivity index (χ4v) is 4.38. The van der Waals surface area contributed by atoms with Crippen molar-refractivity contribution in [2.75, 3.05) is 19.0 Å². The van der Waals surface area contributed by atoms with Gasteiger partial charge in [-0.1, -0.05) is 42.5 Å². The molecule has 0 aliphatic carbocycles. The molecule has 0 heterocycles. The van der Waals surface area contributed by atoms with E-state index in [0.717, 1.165) is 28.6 Å². The lowest BCUT2D eigenvalue weighted by atomic mass is 10.2. The summed E-state index contributed by atoms with van der Waals surface area (Å²) in [6.45, 7) is -0.600. The molecule has 1 N–H and O–H groups in total. The summed E-state index contributed by atoms with van der Waals surface area (Å²) in [4.78, 5) is 24.6. The van der Waals surface area contributed by atoms with Crippen molar-refractivity contribution in [3.8, 4) is 0 Å². The highest BCUT2D eigenvalue weighted by atomic mass is 32.2. The first kappa shape index (κ1) is 23.1. The Morgan fingerprint density at radius 2 is 1.56 bits per heavy atom. The highest BCUT2D eigenvalue weighted by Crippen LogP contribution is 2.20. The van der Waals surface area contributed by atoms with Gasteiger partial charge in [-0.25, -0.2) is 17.6 Å². The second-order valence-corrected chi connectivity index (χ2v) is 8.74. The zero-order valence-electron chi connectivity index (χ0n) is 17.2. The average molecular weight is 456 g/mol. The maximum Gasteiger partial charge on any atom is 0.339 e. The van der Waals surface area contributed by atoms with Crippen LogP contribution in [-0.2, 0) is 26.1 Å². The predicted octanol–water partition coefficient (Wildman–Crippen LogP) is 3.44. The SMILES string of the molecule is COC(=O)c1ccccc1NC(=O)CN(Cc1ccccc1)S(=O)(=O)c1ccc(F)cc1. The third-order valence-corrected chi connectivity index (χ3v) is 6.39. The number of hydrogen-bond donors (Lipinski definition) is 1. The summed E-state index contributed by atoms with van der Waals surface area (Å²) < 4.78 is 45.4. The maximum atomic E-state index is 13.3. The van der Waals surface area contributed by atoms with E-state index in [1.165, 1.54) is 19.2 Å². The fraction of sp³-hybridized carbons (Fsp3) is 0.130. The Morgan fingerprint density at radius 3 is 2.22 bits per heavy atom. The molecule has 3 aromatic rings. The normalized spacial score (nSPS) is 11.2. The number of esters is 1. The van der Waals surface area contributed by atoms with Crippen molar-refractivity contribution in [2.45, 2.75) is 11.4 Å². The Hall–Kier alpha value is -3.56. The van der Waals surface area contributed by atoms with Gasteiger partial charge in [0, 0.05) is 6.54 Å². The molecule has 0 atom stereocenters. The molecule has 9 heteroatoms. The molecule has 0 radical (unpaired) electrons. The number of anilines is 1. The number of methoxy groups -OCH3 is 1. The van der Waals surface area contributed by atoms with Gasteiger partial charge in [0.2, 0.25) is 15.9 Å². The van der Waals surface area contributed by atoms with Gasteiger partial charge in [0.1, 0.15) is 5.82 Å². The molecule has 32 heavy (non-hydrogen) atoms. The third kappa shape index (κ3) is 5.57. The molecule has 7 nitrogen and oxygen atoms in total. The van der Waals surface area contributed by atoms with E-state index in [1.807, 2.05) is 0 Å². The van der Waals surface area contributed by atoms with Crippen LogP contribution in [0.2, 0.25) is 0 Å². The first-order valence-electron chi connectivity index (χ1n) is 9.58. The summed E-state index contributed by atoms with van der Waals surface area (Å²) in [7, 11) is -2.90. The predicted molar refractivity (Wildman–Crippen MR) is 117 cm³/mol. The lowest BCUT2D eigenvalue weighted by Crippen LogP contribution is -2.37. The quantitative estimate of drug-likeness (QED) is 0.524. The molecule has 0 unspecified atom stereocenters. The summed E-state index contributed by atoms with van der Waals surface area (Å²) in [5.74, 6) is -1.86. The molecule has 0 aromatic heterocycles. The molecule has 0 aliphatic rings. The first-order chi connectivity index (χ1) is 15.3. The fourth-order valence-electron chi connectivity index (χ4n) is 3.00. The van der Waals surface area contributed by atoms with Crippen LogP contribution >= 0.6 is 0 Å². The van der Waals surface area contributed by atoms with E-state index in [4.69, 9.17) is 4.74 Å². The van der Waals surface area contributed by atoms with E-state index in [-0.39, 0.29) is 22.7 Å². The number of carbonyl (C=O) groups is 2. The summed E-state index contributed by atoms with van der Waals surface area (Å²) in [6, 6.07) is 19.4. The van der Waals surface area contributed by atoms with Gasteiger partial charge in [0.05, 0.1) is 29.8 Å². The van der Waals surface area contributed by atoms with E-state index >= 15 is 0 Å². The lowest BCUT2D eigenvalue weighted by molar-refractivity contribution is -0.116. The second-order valence-electron chi connectivity index (χ2n) is 6.80. The third-order valence-electron chi connectivity index (χ3n) is 4.58. The number of sulfonamides is 1. The van der Waals surface area contributed by atoms with Crippen LogP contribution in [-0.4, -0.2) is 38.3 Å². The van der Waals surface area contributed by atoms with Crippen LogP contribution in [0.15, 0.2) is 83.8 Å². The van der Waals surface area contributed by atoms with E-state index in [0.29, 0.717) is 5.56 Å². The van der Waals surface area contributed by atoms with E-state index in [9.17, 15) is 22.4 Å². The van der Waals surface area contributed by atoms with Crippen LogP contribution in [0.25, 0.3) is 0 Å². The number of ether oxygens (including phenoxy) is 1. The van der Waals surface area contributed by atoms with Crippen molar-refractivity contribution in [3.63, 3.8) is 0 Å². The highest BCUT2D eigenvalue weighted by molar-refractivity contribution is 7.89. The van der Waals surface area contributed by atoms with Crippen molar-refractivity contribution < 1.29 is 27.1 Å². The molecule has 0 bridgehead atoms. The monoisotopic (exact) mass is 456 g/mol. The standard InChI is InChI=1S/C23H21FN2O5S/c1-31-23(28)20-9-5-6-10-21(20)25-22(27)16-26(15-17-7-3-2-4-8-17)32(29,30)19-13-11-18(24)12-14-19/h2-14H,15-16H2,1H3,(H,25,27). The zero-order chi connectivity index (χ0) is 23.1. The minimum absolute atomic E-state index is 0.0768. The van der Waals surface area contributed by atoms with Crippen molar-refractivity contribution in [1.29, 1.82) is 0 Å². The summed E-state index contributed by atoms with van der Waals surface area (Å²) in [6.07, 6.45) is 0. The Kier molecular flexibility index (Phi) is 7.34. The molecule has 3 aromatic carbocycles. The van der Waals surface area contributed by atoms with Crippen LogP contribution < -0.4 is 5.32 Å². The largest absolute Gasteiger partial charge is 0.465 e. The number of amides is 1. The Labute approximate surface area is 185 Å². The average Bonchev–Trinajstić information content (AvgIpc) is 2.79. The summed E-state index contributed by atoms with van der Waals surface area (Å²) >= 11 is 0. The van der Waals surface area contributed by atoms with Gasteiger partial charge in [0.25, 0.3) is 0 Å². The van der Waals surface area contributed by atoms with Crippen molar-refractivity contribution in [2.24, 2.45) is 0 Å². The maximum absolute atomic E-state index is 13.3. The van der Waals surface area contributed by atoms with Gasteiger partial charge in [0.15, 0.2) is 0 Å². The number of para-hydroxylation sites is 1. The van der Waals surface area contributed by atoms with Gasteiger partial charge in [-0.3, -0.25) is 4.79 Å². The number of rotatable bonds is 8. The molecule has 1 amide bonds. The molecule has 0 saturated heterocycles. The van der Waals surface area contributed by atoms with Crippen molar-refractivity contribution in [1.82, 2.24) is 4.31 Å². The number of carbonyl (C=O) groups excluding carboxylic acids is 2. The van der Waals surface area contributed by atoms with Gasteiger partial charge < -0.3 is 10.1 Å². The topological polar surface area (TPSA) is 92.8 Å². The van der Waals surface area contributed by atoms with Crippen LogP contribution in [0.1, 0.15) is 15.9 Å². The molecule has 0 spiro atoms. The highest BCUT2D eigenvalue weighted by Gasteiger charge is 2.27. The van der Waals surface area contributed by atoms with Crippen LogP contribution in [0.3, 0.4) is 0 Å². The molecule has 0 aliphatic heterocycles. The van der Waals surface area contributed by atoms with E-state index < -0.39 is 34.3 Å². The number of benzene rings is 3. The Bertz CT molecular complexity index is 1200. The molecular formula is C23H21FN2O5S. The van der Waals surface area contributed by atoms with E-state index in [1.54, 1.807) is 42.5 Å². The number of halogens is 1. The van der Waals surface area contributed by atoms with Crippen molar-refractivity contribution >= 4 is 27.6 Å². The molecule has 3 rings (SSSR count). The van der Waals surface area contributed by atoms with Crippen LogP contribution in [0, 0.1) is 5.82 Å². The van der Waals surface area contributed by atoms with Gasteiger partial charge in [-0.15, -0.1) is 0 Å².